The smallest absolute Gasteiger partial charge is 0.395 e. The molecule has 1 aromatic heterocycles. The van der Waals surface area contributed by atoms with Crippen LogP contribution in [-0.4, -0.2) is 81.2 Å². The molecule has 2 aromatic carbocycles. The number of imide groups is 1. The highest BCUT2D eigenvalue weighted by atomic mass is 35.5. The highest BCUT2D eigenvalue weighted by Gasteiger charge is 2.36. The fourth-order valence-electron chi connectivity index (χ4n) is 4.74. The molecule has 0 spiro atoms. The van der Waals surface area contributed by atoms with Crippen LogP contribution in [0.3, 0.4) is 0 Å². The molecule has 0 saturated carbocycles. The van der Waals surface area contributed by atoms with Gasteiger partial charge in [-0.1, -0.05) is 23.7 Å². The number of piperazine rings is 1. The van der Waals surface area contributed by atoms with Gasteiger partial charge in [0.25, 0.3) is 11.1 Å². The third-order valence-corrected chi connectivity index (χ3v) is 7.88. The number of rotatable bonds is 7. The Morgan fingerprint density at radius 2 is 2.00 bits per heavy atom. The Morgan fingerprint density at radius 1 is 1.18 bits per heavy atom. The number of hydrogen-bond acceptors (Lipinski definition) is 7. The normalized spacial score (nSPS) is 20.1. The maximum absolute atomic E-state index is 13.5. The number of nitrogens with zero attached hydrogens (tertiary/aromatic N) is 4. The predicted molar refractivity (Wildman–Crippen MR) is 143 cm³/mol. The van der Waals surface area contributed by atoms with E-state index in [0.29, 0.717) is 34.5 Å². The number of aromatic nitrogens is 2. The second-order valence-electron chi connectivity index (χ2n) is 9.39. The van der Waals surface area contributed by atoms with E-state index in [2.05, 4.69) is 15.3 Å². The van der Waals surface area contributed by atoms with Gasteiger partial charge in [-0.2, -0.15) is 18.3 Å². The molecule has 39 heavy (non-hydrogen) atoms. The fourth-order valence-corrected chi connectivity index (χ4v) is 5.78. The molecule has 5 rings (SSSR count). The molecule has 3 heterocycles. The summed E-state index contributed by atoms with van der Waals surface area (Å²) < 4.78 is 42.0. The Bertz CT molecular complexity index is 1440. The molecule has 0 unspecified atom stereocenters. The van der Waals surface area contributed by atoms with E-state index in [1.54, 1.807) is 30.5 Å². The van der Waals surface area contributed by atoms with E-state index in [9.17, 15) is 27.9 Å². The number of nitrogens with one attached hydrogen (secondary N) is 1. The average molecular weight is 580 g/mol. The summed E-state index contributed by atoms with van der Waals surface area (Å²) in [5, 5.41) is 17.2. The van der Waals surface area contributed by atoms with Crippen molar-refractivity contribution in [3.63, 3.8) is 0 Å². The van der Waals surface area contributed by atoms with Gasteiger partial charge in [0.1, 0.15) is 0 Å². The first-order valence-electron chi connectivity index (χ1n) is 12.3. The van der Waals surface area contributed by atoms with Crippen molar-refractivity contribution in [1.82, 2.24) is 24.9 Å². The SMILES string of the molecule is O=C1S/C(=C\c2ccc3c(cnn3Cc3ccc(Cl)cc3C(F)(F)F)c2)C(=O)N1CCN1CCN[C@@H](CO)C1. The molecule has 0 aliphatic carbocycles. The number of alkyl halides is 3. The van der Waals surface area contributed by atoms with Gasteiger partial charge in [-0.3, -0.25) is 24.1 Å². The molecule has 8 nitrogen and oxygen atoms in total. The van der Waals surface area contributed by atoms with Crippen LogP contribution >= 0.6 is 23.4 Å². The number of hydrogen-bond donors (Lipinski definition) is 2. The summed E-state index contributed by atoms with van der Waals surface area (Å²) in [6.07, 6.45) is -1.36. The van der Waals surface area contributed by atoms with Crippen LogP contribution in [-0.2, 0) is 17.5 Å². The lowest BCUT2D eigenvalue weighted by Crippen LogP contribution is -2.53. The average Bonchev–Trinajstić information content (AvgIpc) is 3.42. The standard InChI is InChI=1S/C26H25ClF3N5O3S/c27-19-3-2-17(21(11-19)26(28,29)30)13-35-22-4-1-16(9-18(22)12-32-35)10-23-24(37)34(25(38)39-23)8-7-33-6-5-31-20(14-33)15-36/h1-4,9-12,20,31,36H,5-8,13-15H2/b23-10-/t20-/m1/s1. The number of carbonyl (C=O) groups is 2. The first-order chi connectivity index (χ1) is 18.6. The zero-order chi connectivity index (χ0) is 27.7. The van der Waals surface area contributed by atoms with Gasteiger partial charge in [-0.15, -0.1) is 0 Å². The van der Waals surface area contributed by atoms with Gasteiger partial charge in [0.2, 0.25) is 0 Å². The zero-order valence-corrected chi connectivity index (χ0v) is 22.2. The van der Waals surface area contributed by atoms with Crippen molar-refractivity contribution in [2.45, 2.75) is 18.8 Å². The van der Waals surface area contributed by atoms with E-state index in [4.69, 9.17) is 11.6 Å². The summed E-state index contributed by atoms with van der Waals surface area (Å²) in [5.74, 6) is -0.364. The second-order valence-corrected chi connectivity index (χ2v) is 10.8. The van der Waals surface area contributed by atoms with Gasteiger partial charge in [-0.25, -0.2) is 0 Å². The van der Waals surface area contributed by atoms with Crippen LogP contribution in [0.25, 0.3) is 17.0 Å². The van der Waals surface area contributed by atoms with Gasteiger partial charge < -0.3 is 10.4 Å². The largest absolute Gasteiger partial charge is 0.416 e. The lowest BCUT2D eigenvalue weighted by molar-refractivity contribution is -0.138. The summed E-state index contributed by atoms with van der Waals surface area (Å²) in [6, 6.07) is 8.87. The Morgan fingerprint density at radius 3 is 2.77 bits per heavy atom. The van der Waals surface area contributed by atoms with Gasteiger partial charge in [-0.05, 0) is 53.2 Å². The second kappa shape index (κ2) is 11.3. The number of carbonyl (C=O) groups excluding carboxylic acids is 2. The highest BCUT2D eigenvalue weighted by molar-refractivity contribution is 8.18. The van der Waals surface area contributed by atoms with Crippen LogP contribution in [0.2, 0.25) is 5.02 Å². The lowest BCUT2D eigenvalue weighted by Gasteiger charge is -2.33. The predicted octanol–water partition coefficient (Wildman–Crippen LogP) is 4.06. The summed E-state index contributed by atoms with van der Waals surface area (Å²) in [6.45, 7) is 2.86. The molecule has 3 aromatic rings. The molecule has 13 heteroatoms. The summed E-state index contributed by atoms with van der Waals surface area (Å²) in [4.78, 5) is 29.1. The molecular weight excluding hydrogens is 555 g/mol. The molecule has 2 N–H and O–H groups in total. The van der Waals surface area contributed by atoms with Crippen LogP contribution < -0.4 is 5.32 Å². The maximum Gasteiger partial charge on any atom is 0.416 e. The van der Waals surface area contributed by atoms with Crippen molar-refractivity contribution in [3.8, 4) is 0 Å². The molecule has 0 bridgehead atoms. The van der Waals surface area contributed by atoms with Gasteiger partial charge >= 0.3 is 6.18 Å². The van der Waals surface area contributed by atoms with E-state index in [1.165, 1.54) is 21.7 Å². The number of aliphatic hydroxyl groups excluding tert-OH is 1. The first kappa shape index (κ1) is 27.7. The number of thioether (sulfide) groups is 1. The van der Waals surface area contributed by atoms with Crippen LogP contribution in [0.1, 0.15) is 16.7 Å². The minimum atomic E-state index is -4.55. The minimum absolute atomic E-state index is 0.00425. The van der Waals surface area contributed by atoms with Crippen molar-refractivity contribution in [2.75, 3.05) is 39.3 Å². The Kier molecular flexibility index (Phi) is 8.01. The molecule has 0 radical (unpaired) electrons. The van der Waals surface area contributed by atoms with Crippen LogP contribution in [0.4, 0.5) is 18.0 Å². The van der Waals surface area contributed by atoms with Gasteiger partial charge in [0.05, 0.1) is 35.3 Å². The number of aliphatic hydroxyl groups is 1. The van der Waals surface area contributed by atoms with Crippen molar-refractivity contribution in [2.24, 2.45) is 0 Å². The van der Waals surface area contributed by atoms with E-state index in [1.807, 2.05) is 0 Å². The molecule has 2 amide bonds. The zero-order valence-electron chi connectivity index (χ0n) is 20.6. The molecule has 2 aliphatic heterocycles. The molecular formula is C26H25ClF3N5O3S. The van der Waals surface area contributed by atoms with Crippen molar-refractivity contribution in [3.05, 3.63) is 69.2 Å². The molecule has 206 valence electrons. The highest BCUT2D eigenvalue weighted by Crippen LogP contribution is 2.35. The number of amides is 2. The Hall–Kier alpha value is -2.90. The summed E-state index contributed by atoms with van der Waals surface area (Å²) in [5.41, 5.74) is 0.530. The maximum atomic E-state index is 13.5. The molecule has 1 atom stereocenters. The topological polar surface area (TPSA) is 90.7 Å². The minimum Gasteiger partial charge on any atom is -0.395 e. The van der Waals surface area contributed by atoms with Crippen LogP contribution in [0.5, 0.6) is 0 Å². The van der Waals surface area contributed by atoms with Crippen LogP contribution in [0, 0.1) is 0 Å². The van der Waals surface area contributed by atoms with Crippen molar-refractivity contribution < 1.29 is 27.9 Å². The number of benzene rings is 2. The third kappa shape index (κ3) is 6.15. The summed E-state index contributed by atoms with van der Waals surface area (Å²) >= 11 is 6.66. The lowest BCUT2D eigenvalue weighted by atomic mass is 10.1. The van der Waals surface area contributed by atoms with Gasteiger partial charge in [0.15, 0.2) is 0 Å². The van der Waals surface area contributed by atoms with E-state index in [0.717, 1.165) is 30.9 Å². The quantitative estimate of drug-likeness (QED) is 0.408. The number of fused-ring (bicyclic) bond motifs is 1. The number of halogens is 4. The summed E-state index contributed by atoms with van der Waals surface area (Å²) in [7, 11) is 0. The molecule has 2 fully saturated rings. The van der Waals surface area contributed by atoms with E-state index in [-0.39, 0.29) is 47.5 Å². The Balaban J connectivity index is 1.29. The van der Waals surface area contributed by atoms with E-state index >= 15 is 0 Å². The van der Waals surface area contributed by atoms with Crippen molar-refractivity contribution >= 4 is 51.5 Å². The fraction of sp³-hybridized carbons (Fsp3) is 0.346. The Labute approximate surface area is 231 Å². The molecule has 2 saturated heterocycles. The van der Waals surface area contributed by atoms with E-state index < -0.39 is 11.7 Å². The third-order valence-electron chi connectivity index (χ3n) is 6.73. The monoisotopic (exact) mass is 579 g/mol. The first-order valence-corrected chi connectivity index (χ1v) is 13.4. The van der Waals surface area contributed by atoms with Crippen molar-refractivity contribution in [1.29, 1.82) is 0 Å². The van der Waals surface area contributed by atoms with Crippen LogP contribution in [0.15, 0.2) is 47.5 Å². The van der Waals surface area contributed by atoms with Gasteiger partial charge in [0, 0.05) is 49.2 Å². The molecule has 2 aliphatic rings.